The number of methoxy groups -OCH3 is 2. The Labute approximate surface area is 162 Å². The Morgan fingerprint density at radius 3 is 2.70 bits per heavy atom. The minimum absolute atomic E-state index is 0.236. The Bertz CT molecular complexity index is 589. The third-order valence-corrected chi connectivity index (χ3v) is 4.84. The van der Waals surface area contributed by atoms with Crippen LogP contribution in [0.15, 0.2) is 23.2 Å². The average Bonchev–Trinajstić information content (AvgIpc) is 2.69. The molecule has 0 aromatic heterocycles. The average molecular weight is 381 g/mol. The fourth-order valence-corrected chi connectivity index (χ4v) is 3.31. The summed E-state index contributed by atoms with van der Waals surface area (Å²) in [5.41, 5.74) is 1.57. The lowest BCUT2D eigenvalue weighted by Gasteiger charge is -2.33. The van der Waals surface area contributed by atoms with Gasteiger partial charge in [0.2, 0.25) is 0 Å². The molecule has 7 heteroatoms. The van der Waals surface area contributed by atoms with Gasteiger partial charge in [0.25, 0.3) is 0 Å². The maximum absolute atomic E-state index is 13.7. The smallest absolute Gasteiger partial charge is 0.191 e. The van der Waals surface area contributed by atoms with Gasteiger partial charge < -0.3 is 25.0 Å². The van der Waals surface area contributed by atoms with Crippen molar-refractivity contribution in [2.75, 3.05) is 47.5 Å². The molecule has 1 heterocycles. The molecule has 0 radical (unpaired) electrons. The number of hydrogen-bond donors (Lipinski definition) is 2. The van der Waals surface area contributed by atoms with E-state index in [2.05, 4.69) is 20.5 Å². The van der Waals surface area contributed by atoms with Gasteiger partial charge in [-0.25, -0.2) is 4.39 Å². The Kier molecular flexibility index (Phi) is 9.52. The standard InChI is InChI=1S/C20H33FN4O2/c1-22-20(23-14-16-5-6-19(21)17(13-16)15-27-3)24-18-7-10-25(11-8-18)9-4-12-26-2/h5-6,13,18H,4,7-12,14-15H2,1-3H3,(H2,22,23,24). The molecule has 0 atom stereocenters. The summed E-state index contributed by atoms with van der Waals surface area (Å²) in [4.78, 5) is 6.81. The largest absolute Gasteiger partial charge is 0.385 e. The van der Waals surface area contributed by atoms with Gasteiger partial charge >= 0.3 is 0 Å². The first kappa shape index (κ1) is 21.6. The Balaban J connectivity index is 1.76. The monoisotopic (exact) mass is 380 g/mol. The van der Waals surface area contributed by atoms with Crippen molar-refractivity contribution in [3.8, 4) is 0 Å². The van der Waals surface area contributed by atoms with Gasteiger partial charge in [-0.3, -0.25) is 4.99 Å². The minimum Gasteiger partial charge on any atom is -0.385 e. The molecule has 27 heavy (non-hydrogen) atoms. The van der Waals surface area contributed by atoms with Crippen LogP contribution in [-0.4, -0.2) is 64.4 Å². The van der Waals surface area contributed by atoms with Crippen LogP contribution >= 0.6 is 0 Å². The van der Waals surface area contributed by atoms with Crippen molar-refractivity contribution >= 4 is 5.96 Å². The molecule has 1 fully saturated rings. The summed E-state index contributed by atoms with van der Waals surface area (Å²) in [5, 5.41) is 6.82. The van der Waals surface area contributed by atoms with Gasteiger partial charge in [-0.05, 0) is 37.0 Å². The van der Waals surface area contributed by atoms with Crippen molar-refractivity contribution in [3.05, 3.63) is 35.1 Å². The number of guanidine groups is 1. The van der Waals surface area contributed by atoms with E-state index in [0.717, 1.165) is 57.0 Å². The van der Waals surface area contributed by atoms with Crippen molar-refractivity contribution in [1.29, 1.82) is 0 Å². The van der Waals surface area contributed by atoms with Crippen molar-refractivity contribution in [2.24, 2.45) is 4.99 Å². The molecule has 1 aromatic rings. The topological polar surface area (TPSA) is 58.1 Å². The number of nitrogens with one attached hydrogen (secondary N) is 2. The molecule has 1 aliphatic rings. The quantitative estimate of drug-likeness (QED) is 0.391. The van der Waals surface area contributed by atoms with Crippen LogP contribution in [0.25, 0.3) is 0 Å². The van der Waals surface area contributed by atoms with Crippen LogP contribution in [0.5, 0.6) is 0 Å². The predicted octanol–water partition coefficient (Wildman–Crippen LogP) is 2.14. The van der Waals surface area contributed by atoms with Crippen LogP contribution in [-0.2, 0) is 22.6 Å². The van der Waals surface area contributed by atoms with E-state index in [1.807, 2.05) is 6.07 Å². The molecule has 152 valence electrons. The van der Waals surface area contributed by atoms with Gasteiger partial charge in [0.05, 0.1) is 6.61 Å². The zero-order chi connectivity index (χ0) is 19.5. The van der Waals surface area contributed by atoms with Gasteiger partial charge in [-0.1, -0.05) is 6.07 Å². The second-order valence-corrected chi connectivity index (χ2v) is 6.89. The van der Waals surface area contributed by atoms with Gasteiger partial charge in [0.1, 0.15) is 5.82 Å². The molecule has 0 saturated carbocycles. The molecular formula is C20H33FN4O2. The number of aliphatic imine (C=N–C) groups is 1. The molecule has 1 saturated heterocycles. The number of nitrogens with zero attached hydrogens (tertiary/aromatic N) is 2. The molecule has 1 aliphatic heterocycles. The molecule has 2 rings (SSSR count). The third kappa shape index (κ3) is 7.44. The number of piperidine rings is 1. The van der Waals surface area contributed by atoms with E-state index in [1.165, 1.54) is 6.07 Å². The van der Waals surface area contributed by atoms with E-state index < -0.39 is 0 Å². The number of rotatable bonds is 9. The first-order valence-corrected chi connectivity index (χ1v) is 9.61. The van der Waals surface area contributed by atoms with Crippen molar-refractivity contribution in [1.82, 2.24) is 15.5 Å². The number of benzene rings is 1. The van der Waals surface area contributed by atoms with Gasteiger partial charge in [-0.2, -0.15) is 0 Å². The maximum atomic E-state index is 13.7. The van der Waals surface area contributed by atoms with Crippen molar-refractivity contribution in [2.45, 2.75) is 38.5 Å². The molecular weight excluding hydrogens is 347 g/mol. The summed E-state index contributed by atoms with van der Waals surface area (Å²) in [5.74, 6) is 0.547. The van der Waals surface area contributed by atoms with Gasteiger partial charge in [0.15, 0.2) is 5.96 Å². The lowest BCUT2D eigenvalue weighted by Crippen LogP contribution is -2.48. The SMILES string of the molecule is CN=C(NCc1ccc(F)c(COC)c1)NC1CCN(CCCOC)CC1. The lowest BCUT2D eigenvalue weighted by atomic mass is 10.1. The van der Waals surface area contributed by atoms with Gasteiger partial charge in [0, 0.05) is 65.7 Å². The summed E-state index contributed by atoms with van der Waals surface area (Å²) in [6.07, 6.45) is 3.28. The zero-order valence-electron chi connectivity index (χ0n) is 16.8. The fourth-order valence-electron chi connectivity index (χ4n) is 3.31. The molecule has 1 aromatic carbocycles. The fraction of sp³-hybridized carbons (Fsp3) is 0.650. The number of hydrogen-bond acceptors (Lipinski definition) is 4. The first-order chi connectivity index (χ1) is 13.2. The highest BCUT2D eigenvalue weighted by molar-refractivity contribution is 5.79. The van der Waals surface area contributed by atoms with Crippen molar-refractivity contribution in [3.63, 3.8) is 0 Å². The summed E-state index contributed by atoms with van der Waals surface area (Å²) >= 11 is 0. The van der Waals surface area contributed by atoms with Crippen LogP contribution in [0.1, 0.15) is 30.4 Å². The molecule has 0 bridgehead atoms. The molecule has 0 aliphatic carbocycles. The van der Waals surface area contributed by atoms with Crippen LogP contribution in [0.3, 0.4) is 0 Å². The first-order valence-electron chi connectivity index (χ1n) is 9.61. The van der Waals surface area contributed by atoms with Gasteiger partial charge in [-0.15, -0.1) is 0 Å². The molecule has 0 unspecified atom stereocenters. The predicted molar refractivity (Wildman–Crippen MR) is 106 cm³/mol. The van der Waals surface area contributed by atoms with E-state index in [9.17, 15) is 4.39 Å². The molecule has 0 spiro atoms. The second-order valence-electron chi connectivity index (χ2n) is 6.89. The molecule has 6 nitrogen and oxygen atoms in total. The van der Waals surface area contributed by atoms with Crippen LogP contribution < -0.4 is 10.6 Å². The second kappa shape index (κ2) is 11.9. The highest BCUT2D eigenvalue weighted by atomic mass is 19.1. The van der Waals surface area contributed by atoms with Crippen LogP contribution in [0.4, 0.5) is 4.39 Å². The highest BCUT2D eigenvalue weighted by Crippen LogP contribution is 2.12. The van der Waals surface area contributed by atoms with E-state index in [-0.39, 0.29) is 12.4 Å². The Morgan fingerprint density at radius 2 is 2.04 bits per heavy atom. The third-order valence-electron chi connectivity index (χ3n) is 4.84. The zero-order valence-corrected chi connectivity index (χ0v) is 16.8. The van der Waals surface area contributed by atoms with E-state index in [1.54, 1.807) is 27.3 Å². The lowest BCUT2D eigenvalue weighted by molar-refractivity contribution is 0.155. The van der Waals surface area contributed by atoms with Crippen molar-refractivity contribution < 1.29 is 13.9 Å². The van der Waals surface area contributed by atoms with Crippen LogP contribution in [0.2, 0.25) is 0 Å². The molecule has 2 N–H and O–H groups in total. The van der Waals surface area contributed by atoms with Crippen LogP contribution in [0, 0.1) is 5.82 Å². The number of halogens is 1. The Hall–Kier alpha value is -1.70. The minimum atomic E-state index is -0.236. The summed E-state index contributed by atoms with van der Waals surface area (Å²) in [7, 11) is 5.09. The number of likely N-dealkylation sites (tertiary alicyclic amines) is 1. The molecule has 0 amide bonds. The van der Waals surface area contributed by atoms with E-state index >= 15 is 0 Å². The maximum Gasteiger partial charge on any atom is 0.191 e. The summed E-state index contributed by atoms with van der Waals surface area (Å²) < 4.78 is 23.9. The Morgan fingerprint density at radius 1 is 1.26 bits per heavy atom. The summed E-state index contributed by atoms with van der Waals surface area (Å²) in [6, 6.07) is 5.53. The van der Waals surface area contributed by atoms with E-state index in [0.29, 0.717) is 18.2 Å². The normalized spacial score (nSPS) is 16.5. The number of ether oxygens (including phenoxy) is 2. The van der Waals surface area contributed by atoms with E-state index in [4.69, 9.17) is 9.47 Å². The highest BCUT2D eigenvalue weighted by Gasteiger charge is 2.19. The summed E-state index contributed by atoms with van der Waals surface area (Å²) in [6.45, 7) is 4.97.